The molecule has 0 unspecified atom stereocenters. The van der Waals surface area contributed by atoms with Gasteiger partial charge in [-0.25, -0.2) is 4.98 Å². The molecular weight excluding hydrogens is 208 g/mol. The number of hydrogen-bond acceptors (Lipinski definition) is 4. The normalized spacial score (nSPS) is 18.8. The second kappa shape index (κ2) is 4.60. The van der Waals surface area contributed by atoms with Crippen LogP contribution in [0.15, 0.2) is 5.51 Å². The molecule has 2 N–H and O–H groups in total. The van der Waals surface area contributed by atoms with Crippen LogP contribution in [0.3, 0.4) is 0 Å². The van der Waals surface area contributed by atoms with Crippen LogP contribution in [0.4, 0.5) is 0 Å². The number of nitrogens with zero attached hydrogens (tertiary/aromatic N) is 1. The van der Waals surface area contributed by atoms with Gasteiger partial charge in [0.2, 0.25) is 0 Å². The van der Waals surface area contributed by atoms with Crippen LogP contribution in [-0.2, 0) is 6.42 Å². The first kappa shape index (κ1) is 11.0. The summed E-state index contributed by atoms with van der Waals surface area (Å²) >= 11 is 1.71. The third-order valence-corrected chi connectivity index (χ3v) is 4.11. The maximum Gasteiger partial charge on any atom is 0.0797 e. The van der Waals surface area contributed by atoms with Crippen LogP contribution in [0.25, 0.3) is 0 Å². The highest BCUT2D eigenvalue weighted by Crippen LogP contribution is 2.30. The van der Waals surface area contributed by atoms with Gasteiger partial charge in [0, 0.05) is 18.0 Å². The summed E-state index contributed by atoms with van der Waals surface area (Å²) in [5.74, 6) is 0. The minimum absolute atomic E-state index is 0.400. The van der Waals surface area contributed by atoms with Crippen molar-refractivity contribution < 1.29 is 5.11 Å². The summed E-state index contributed by atoms with van der Waals surface area (Å²) in [6.45, 7) is 3.72. The van der Waals surface area contributed by atoms with Crippen molar-refractivity contribution in [1.82, 2.24) is 10.3 Å². The summed E-state index contributed by atoms with van der Waals surface area (Å²) in [5, 5.41) is 13.2. The van der Waals surface area contributed by atoms with Crippen molar-refractivity contribution in [2.75, 3.05) is 13.1 Å². The first-order valence-corrected chi connectivity index (χ1v) is 6.40. The molecule has 0 radical (unpaired) electrons. The highest BCUT2D eigenvalue weighted by molar-refractivity contribution is 7.09. The van der Waals surface area contributed by atoms with Gasteiger partial charge in [-0.3, -0.25) is 0 Å². The fraction of sp³-hybridized carbons (Fsp3) is 0.727. The van der Waals surface area contributed by atoms with Crippen LogP contribution >= 0.6 is 11.3 Å². The van der Waals surface area contributed by atoms with E-state index < -0.39 is 5.60 Å². The average Bonchev–Trinajstić information content (AvgIpc) is 2.56. The van der Waals surface area contributed by atoms with Gasteiger partial charge in [0.25, 0.3) is 0 Å². The van der Waals surface area contributed by atoms with Crippen LogP contribution < -0.4 is 5.32 Å². The number of aryl methyl sites for hydroxylation is 1. The molecule has 3 nitrogen and oxygen atoms in total. The van der Waals surface area contributed by atoms with Crippen LogP contribution in [-0.4, -0.2) is 28.8 Å². The molecule has 1 aliphatic carbocycles. The smallest absolute Gasteiger partial charge is 0.0797 e. The zero-order valence-electron chi connectivity index (χ0n) is 9.12. The lowest BCUT2D eigenvalue weighted by molar-refractivity contribution is -0.0310. The summed E-state index contributed by atoms with van der Waals surface area (Å²) in [4.78, 5) is 5.56. The van der Waals surface area contributed by atoms with E-state index in [-0.39, 0.29) is 0 Å². The molecule has 4 heteroatoms. The lowest BCUT2D eigenvalue weighted by atomic mass is 9.80. The number of aliphatic hydroxyl groups is 1. The topological polar surface area (TPSA) is 45.2 Å². The number of nitrogens with one attached hydrogen (secondary N) is 1. The Balaban J connectivity index is 1.65. The quantitative estimate of drug-likeness (QED) is 0.748. The lowest BCUT2D eigenvalue weighted by Gasteiger charge is -2.36. The molecule has 1 saturated carbocycles. The molecule has 0 aliphatic heterocycles. The Hall–Kier alpha value is -0.450. The van der Waals surface area contributed by atoms with Crippen molar-refractivity contribution in [3.63, 3.8) is 0 Å². The maximum absolute atomic E-state index is 9.85. The Kier molecular flexibility index (Phi) is 3.38. The zero-order chi connectivity index (χ0) is 10.7. The van der Waals surface area contributed by atoms with E-state index in [4.69, 9.17) is 0 Å². The molecule has 0 spiro atoms. The highest BCUT2D eigenvalue weighted by Gasteiger charge is 2.33. The maximum atomic E-state index is 9.85. The van der Waals surface area contributed by atoms with E-state index in [1.165, 1.54) is 11.3 Å². The van der Waals surface area contributed by atoms with Crippen LogP contribution in [0, 0.1) is 6.92 Å². The molecule has 0 atom stereocenters. The van der Waals surface area contributed by atoms with Gasteiger partial charge in [0.05, 0.1) is 16.8 Å². The van der Waals surface area contributed by atoms with E-state index in [9.17, 15) is 5.11 Å². The van der Waals surface area contributed by atoms with Crippen LogP contribution in [0.2, 0.25) is 0 Å². The van der Waals surface area contributed by atoms with Gasteiger partial charge >= 0.3 is 0 Å². The summed E-state index contributed by atoms with van der Waals surface area (Å²) in [6.07, 6.45) is 4.11. The summed E-state index contributed by atoms with van der Waals surface area (Å²) in [5.41, 5.74) is 2.64. The predicted molar refractivity (Wildman–Crippen MR) is 62.2 cm³/mol. The number of hydrogen-bond donors (Lipinski definition) is 2. The van der Waals surface area contributed by atoms with Gasteiger partial charge in [-0.15, -0.1) is 11.3 Å². The monoisotopic (exact) mass is 226 g/mol. The van der Waals surface area contributed by atoms with Crippen molar-refractivity contribution in [1.29, 1.82) is 0 Å². The number of rotatable bonds is 5. The molecule has 2 rings (SSSR count). The first-order chi connectivity index (χ1) is 7.20. The molecule has 0 amide bonds. The SMILES string of the molecule is Cc1ncsc1CCNCC1(O)CCC1. The minimum Gasteiger partial charge on any atom is -0.389 e. The second-order valence-corrected chi connectivity index (χ2v) is 5.30. The molecule has 1 heterocycles. The second-order valence-electron chi connectivity index (χ2n) is 4.37. The molecule has 1 aromatic rings. The van der Waals surface area contributed by atoms with Crippen molar-refractivity contribution in [2.24, 2.45) is 0 Å². The van der Waals surface area contributed by atoms with E-state index >= 15 is 0 Å². The number of thiazole rings is 1. The molecule has 1 aromatic heterocycles. The molecule has 0 aromatic carbocycles. The molecular formula is C11H18N2OS. The zero-order valence-corrected chi connectivity index (χ0v) is 9.94. The average molecular weight is 226 g/mol. The Bertz CT molecular complexity index is 320. The van der Waals surface area contributed by atoms with Crippen molar-refractivity contribution in [3.8, 4) is 0 Å². The van der Waals surface area contributed by atoms with Crippen LogP contribution in [0.5, 0.6) is 0 Å². The molecule has 1 aliphatic rings. The van der Waals surface area contributed by atoms with Crippen LogP contribution in [0.1, 0.15) is 29.8 Å². The van der Waals surface area contributed by atoms with Gasteiger partial charge in [-0.2, -0.15) is 0 Å². The number of aromatic nitrogens is 1. The Morgan fingerprint density at radius 2 is 2.40 bits per heavy atom. The first-order valence-electron chi connectivity index (χ1n) is 5.52. The Labute approximate surface area is 94.5 Å². The van der Waals surface area contributed by atoms with E-state index in [0.717, 1.165) is 38.0 Å². The Morgan fingerprint density at radius 3 is 2.93 bits per heavy atom. The van der Waals surface area contributed by atoms with Gasteiger partial charge < -0.3 is 10.4 Å². The molecule has 1 fully saturated rings. The third-order valence-electron chi connectivity index (χ3n) is 3.11. The minimum atomic E-state index is -0.400. The summed E-state index contributed by atoms with van der Waals surface area (Å²) in [7, 11) is 0. The molecule has 0 bridgehead atoms. The predicted octanol–water partition coefficient (Wildman–Crippen LogP) is 1.50. The van der Waals surface area contributed by atoms with Crippen molar-refractivity contribution in [2.45, 2.75) is 38.2 Å². The Morgan fingerprint density at radius 1 is 1.60 bits per heavy atom. The van der Waals surface area contributed by atoms with Gasteiger partial charge in [0.1, 0.15) is 0 Å². The summed E-state index contributed by atoms with van der Waals surface area (Å²) in [6, 6.07) is 0. The van der Waals surface area contributed by atoms with Crippen molar-refractivity contribution in [3.05, 3.63) is 16.1 Å². The van der Waals surface area contributed by atoms with E-state index in [2.05, 4.69) is 10.3 Å². The van der Waals surface area contributed by atoms with E-state index in [0.29, 0.717) is 0 Å². The fourth-order valence-corrected chi connectivity index (χ4v) is 2.63. The standard InChI is InChI=1S/C11H18N2OS/c1-9-10(15-8-13-9)3-6-12-7-11(14)4-2-5-11/h8,12,14H,2-7H2,1H3. The van der Waals surface area contributed by atoms with Crippen molar-refractivity contribution >= 4 is 11.3 Å². The van der Waals surface area contributed by atoms with E-state index in [1.807, 2.05) is 12.4 Å². The largest absolute Gasteiger partial charge is 0.389 e. The van der Waals surface area contributed by atoms with Gasteiger partial charge in [-0.1, -0.05) is 0 Å². The fourth-order valence-electron chi connectivity index (χ4n) is 1.85. The van der Waals surface area contributed by atoms with Gasteiger partial charge in [-0.05, 0) is 32.6 Å². The van der Waals surface area contributed by atoms with E-state index in [1.54, 1.807) is 11.3 Å². The molecule has 0 saturated heterocycles. The summed E-state index contributed by atoms with van der Waals surface area (Å²) < 4.78 is 0. The molecule has 84 valence electrons. The lowest BCUT2D eigenvalue weighted by Crippen LogP contribution is -2.46. The molecule has 15 heavy (non-hydrogen) atoms. The van der Waals surface area contributed by atoms with Gasteiger partial charge in [0.15, 0.2) is 0 Å². The third kappa shape index (κ3) is 2.77. The highest BCUT2D eigenvalue weighted by atomic mass is 32.1.